The number of benzene rings is 2. The summed E-state index contributed by atoms with van der Waals surface area (Å²) in [5, 5.41) is 5.23. The lowest BCUT2D eigenvalue weighted by atomic mass is 10.0. The maximum absolute atomic E-state index is 13.1. The molecule has 2 amide bonds. The molecule has 1 atom stereocenters. The van der Waals surface area contributed by atoms with Crippen molar-refractivity contribution in [2.75, 3.05) is 5.32 Å². The second kappa shape index (κ2) is 10.1. The Morgan fingerprint density at radius 1 is 1.00 bits per heavy atom. The molecule has 3 rings (SSSR count). The molecule has 0 aliphatic heterocycles. The van der Waals surface area contributed by atoms with Crippen LogP contribution in [-0.2, 0) is 19.4 Å². The van der Waals surface area contributed by atoms with Crippen LogP contribution in [-0.4, -0.2) is 25.5 Å². The van der Waals surface area contributed by atoms with Crippen LogP contribution < -0.4 is 10.6 Å². The standard InChI is InChI=1S/C24H30N2O4S/c1-17(2)15-22(27)26-23(18-9-4-3-5-10-18)24(28)25-19-11-8-14-21(16-19)31(29,30)20-12-6-7-13-20/h3-5,8-11,14,16-17,20,23H,6-7,12-13,15H2,1-2H3,(H,25,28)(H,26,27). The van der Waals surface area contributed by atoms with Crippen molar-refractivity contribution in [1.82, 2.24) is 5.32 Å². The van der Waals surface area contributed by atoms with E-state index in [0.717, 1.165) is 12.8 Å². The van der Waals surface area contributed by atoms with Gasteiger partial charge in [0.15, 0.2) is 9.84 Å². The topological polar surface area (TPSA) is 92.3 Å². The van der Waals surface area contributed by atoms with E-state index in [9.17, 15) is 18.0 Å². The van der Waals surface area contributed by atoms with Crippen LogP contribution in [0.1, 0.15) is 57.6 Å². The molecule has 0 spiro atoms. The quantitative estimate of drug-likeness (QED) is 0.639. The fraction of sp³-hybridized carbons (Fsp3) is 0.417. The van der Waals surface area contributed by atoms with E-state index >= 15 is 0 Å². The Kier molecular flexibility index (Phi) is 7.49. The van der Waals surface area contributed by atoms with Gasteiger partial charge in [-0.05, 0) is 42.5 Å². The lowest BCUT2D eigenvalue weighted by Crippen LogP contribution is -2.37. The smallest absolute Gasteiger partial charge is 0.251 e. The fourth-order valence-corrected chi connectivity index (χ4v) is 5.79. The van der Waals surface area contributed by atoms with Gasteiger partial charge in [-0.1, -0.05) is 63.1 Å². The Bertz CT molecular complexity index is 1010. The summed E-state index contributed by atoms with van der Waals surface area (Å²) in [5.41, 5.74) is 1.05. The van der Waals surface area contributed by atoms with Crippen molar-refractivity contribution in [3.8, 4) is 0 Å². The molecule has 0 heterocycles. The predicted octanol–water partition coefficient (Wildman–Crippen LogP) is 4.25. The highest BCUT2D eigenvalue weighted by atomic mass is 32.2. The summed E-state index contributed by atoms with van der Waals surface area (Å²) in [6.07, 6.45) is 3.52. The number of carbonyl (C=O) groups excluding carboxylic acids is 2. The number of nitrogens with one attached hydrogen (secondary N) is 2. The second-order valence-electron chi connectivity index (χ2n) is 8.48. The molecule has 2 N–H and O–H groups in total. The summed E-state index contributed by atoms with van der Waals surface area (Å²) in [6.45, 7) is 3.88. The maximum atomic E-state index is 13.1. The van der Waals surface area contributed by atoms with E-state index in [4.69, 9.17) is 0 Å². The van der Waals surface area contributed by atoms with Gasteiger partial charge in [-0.3, -0.25) is 9.59 Å². The van der Waals surface area contributed by atoms with Crippen LogP contribution in [0.5, 0.6) is 0 Å². The number of anilines is 1. The average Bonchev–Trinajstić information content (AvgIpc) is 3.28. The van der Waals surface area contributed by atoms with Gasteiger partial charge < -0.3 is 10.6 Å². The number of sulfone groups is 1. The Morgan fingerprint density at radius 2 is 1.68 bits per heavy atom. The van der Waals surface area contributed by atoms with Crippen molar-refractivity contribution in [3.63, 3.8) is 0 Å². The molecule has 0 radical (unpaired) electrons. The van der Waals surface area contributed by atoms with Crippen molar-refractivity contribution < 1.29 is 18.0 Å². The van der Waals surface area contributed by atoms with E-state index < -0.39 is 21.8 Å². The molecule has 1 unspecified atom stereocenters. The third kappa shape index (κ3) is 5.94. The summed E-state index contributed by atoms with van der Waals surface area (Å²) in [7, 11) is -3.42. The fourth-order valence-electron chi connectivity index (χ4n) is 3.89. The zero-order valence-corrected chi connectivity index (χ0v) is 18.8. The largest absolute Gasteiger partial charge is 0.341 e. The average molecular weight is 443 g/mol. The van der Waals surface area contributed by atoms with Gasteiger partial charge in [-0.2, -0.15) is 0 Å². The molecule has 2 aromatic carbocycles. The normalized spacial score (nSPS) is 15.6. The van der Waals surface area contributed by atoms with E-state index in [0.29, 0.717) is 30.5 Å². The zero-order valence-electron chi connectivity index (χ0n) is 18.0. The monoisotopic (exact) mass is 442 g/mol. The number of rotatable bonds is 8. The first-order chi connectivity index (χ1) is 14.8. The van der Waals surface area contributed by atoms with Crippen LogP contribution >= 0.6 is 0 Å². The molecule has 31 heavy (non-hydrogen) atoms. The highest BCUT2D eigenvalue weighted by molar-refractivity contribution is 7.92. The second-order valence-corrected chi connectivity index (χ2v) is 10.7. The zero-order chi connectivity index (χ0) is 22.4. The van der Waals surface area contributed by atoms with Gasteiger partial charge in [0.25, 0.3) is 5.91 Å². The van der Waals surface area contributed by atoms with Gasteiger partial charge in [0.05, 0.1) is 10.1 Å². The van der Waals surface area contributed by atoms with Crippen molar-refractivity contribution >= 4 is 27.3 Å². The lowest BCUT2D eigenvalue weighted by molar-refractivity contribution is -0.127. The van der Waals surface area contributed by atoms with Crippen LogP contribution in [0.4, 0.5) is 5.69 Å². The highest BCUT2D eigenvalue weighted by Gasteiger charge is 2.30. The Balaban J connectivity index is 1.80. The molecule has 0 bridgehead atoms. The van der Waals surface area contributed by atoms with Crippen molar-refractivity contribution in [2.24, 2.45) is 5.92 Å². The minimum Gasteiger partial charge on any atom is -0.341 e. The Hall–Kier alpha value is -2.67. The third-order valence-electron chi connectivity index (χ3n) is 5.47. The molecule has 166 valence electrons. The molecule has 0 saturated heterocycles. The number of carbonyl (C=O) groups is 2. The van der Waals surface area contributed by atoms with Gasteiger partial charge in [0.1, 0.15) is 6.04 Å². The van der Waals surface area contributed by atoms with Crippen LogP contribution in [0.3, 0.4) is 0 Å². The van der Waals surface area contributed by atoms with Gasteiger partial charge in [0.2, 0.25) is 5.91 Å². The van der Waals surface area contributed by atoms with Gasteiger partial charge in [-0.15, -0.1) is 0 Å². The van der Waals surface area contributed by atoms with Gasteiger partial charge in [0, 0.05) is 12.1 Å². The van der Waals surface area contributed by atoms with Gasteiger partial charge >= 0.3 is 0 Å². The van der Waals surface area contributed by atoms with E-state index in [1.165, 1.54) is 6.07 Å². The third-order valence-corrected chi connectivity index (χ3v) is 7.73. The number of hydrogen-bond acceptors (Lipinski definition) is 4. The Morgan fingerprint density at radius 3 is 2.32 bits per heavy atom. The molecule has 0 aromatic heterocycles. The van der Waals surface area contributed by atoms with Crippen LogP contribution in [0.2, 0.25) is 0 Å². The van der Waals surface area contributed by atoms with Crippen molar-refractivity contribution in [3.05, 3.63) is 60.2 Å². The Labute approximate surface area is 184 Å². The van der Waals surface area contributed by atoms with Crippen LogP contribution in [0.25, 0.3) is 0 Å². The highest BCUT2D eigenvalue weighted by Crippen LogP contribution is 2.30. The molecule has 6 nitrogen and oxygen atoms in total. The van der Waals surface area contributed by atoms with Crippen LogP contribution in [0, 0.1) is 5.92 Å². The van der Waals surface area contributed by atoms with E-state index in [1.807, 2.05) is 19.9 Å². The molecule has 1 fully saturated rings. The molecular formula is C24H30N2O4S. The SMILES string of the molecule is CC(C)CC(=O)NC(C(=O)Nc1cccc(S(=O)(=O)C2CCCC2)c1)c1ccccc1. The molecule has 1 aliphatic rings. The maximum Gasteiger partial charge on any atom is 0.251 e. The summed E-state index contributed by atoms with van der Waals surface area (Å²) in [6, 6.07) is 14.5. The molecule has 7 heteroatoms. The van der Waals surface area contributed by atoms with Gasteiger partial charge in [-0.25, -0.2) is 8.42 Å². The first-order valence-electron chi connectivity index (χ1n) is 10.8. The summed E-state index contributed by atoms with van der Waals surface area (Å²) >= 11 is 0. The summed E-state index contributed by atoms with van der Waals surface area (Å²) in [5.74, 6) is -0.466. The first-order valence-corrected chi connectivity index (χ1v) is 12.3. The predicted molar refractivity (Wildman–Crippen MR) is 121 cm³/mol. The first kappa shape index (κ1) is 23.0. The lowest BCUT2D eigenvalue weighted by Gasteiger charge is -2.20. The van der Waals surface area contributed by atoms with E-state index in [1.54, 1.807) is 42.5 Å². The van der Waals surface area contributed by atoms with Crippen molar-refractivity contribution in [2.45, 2.75) is 62.1 Å². The molecule has 1 saturated carbocycles. The molecule has 2 aromatic rings. The van der Waals surface area contributed by atoms with Crippen molar-refractivity contribution in [1.29, 1.82) is 0 Å². The minimum absolute atomic E-state index is 0.164. The molecule has 1 aliphatic carbocycles. The summed E-state index contributed by atoms with van der Waals surface area (Å²) in [4.78, 5) is 25.7. The summed E-state index contributed by atoms with van der Waals surface area (Å²) < 4.78 is 25.8. The van der Waals surface area contributed by atoms with E-state index in [2.05, 4.69) is 10.6 Å². The number of amides is 2. The number of hydrogen-bond donors (Lipinski definition) is 2. The van der Waals surface area contributed by atoms with Crippen LogP contribution in [0.15, 0.2) is 59.5 Å². The van der Waals surface area contributed by atoms with E-state index in [-0.39, 0.29) is 22.0 Å². The minimum atomic E-state index is -3.42. The molecular weight excluding hydrogens is 412 g/mol.